The Morgan fingerprint density at radius 1 is 0.887 bits per heavy atom. The number of hydrogen-bond acceptors (Lipinski definition) is 9. The minimum atomic E-state index is -0.689. The molecule has 1 N–H and O–H groups in total. The van der Waals surface area contributed by atoms with E-state index in [4.69, 9.17) is 19.2 Å². The maximum absolute atomic E-state index is 13.6. The van der Waals surface area contributed by atoms with E-state index in [0.29, 0.717) is 37.6 Å². The van der Waals surface area contributed by atoms with Gasteiger partial charge in [0.05, 0.1) is 19.3 Å². The molecule has 1 saturated heterocycles. The van der Waals surface area contributed by atoms with E-state index >= 15 is 0 Å². The van der Waals surface area contributed by atoms with Crippen LogP contribution in [0.4, 0.5) is 26.9 Å². The maximum Gasteiger partial charge on any atom is 0.416 e. The van der Waals surface area contributed by atoms with Gasteiger partial charge in [-0.25, -0.2) is 19.6 Å². The van der Waals surface area contributed by atoms with Gasteiger partial charge in [0.25, 0.3) is 0 Å². The summed E-state index contributed by atoms with van der Waals surface area (Å²) in [5.74, 6) is 1.70. The van der Waals surface area contributed by atoms with Gasteiger partial charge in [-0.3, -0.25) is 9.88 Å². The molecule has 2 aromatic carbocycles. The fraction of sp³-hybridized carbons (Fsp3) is 0.357. The Morgan fingerprint density at radius 3 is 2.36 bits per heavy atom. The van der Waals surface area contributed by atoms with E-state index in [1.807, 2.05) is 127 Å². The molecule has 0 aliphatic carbocycles. The van der Waals surface area contributed by atoms with Crippen molar-refractivity contribution in [2.75, 3.05) is 23.3 Å². The van der Waals surface area contributed by atoms with Crippen molar-refractivity contribution >= 4 is 40.3 Å². The van der Waals surface area contributed by atoms with E-state index in [0.717, 1.165) is 39.1 Å². The summed E-state index contributed by atoms with van der Waals surface area (Å²) >= 11 is 0. The van der Waals surface area contributed by atoms with E-state index in [1.165, 1.54) is 0 Å². The van der Waals surface area contributed by atoms with Gasteiger partial charge in [0.15, 0.2) is 0 Å². The molecular weight excluding hydrogens is 668 g/mol. The molecule has 0 saturated carbocycles. The number of aryl methyl sites for hydroxylation is 1. The molecule has 11 heteroatoms. The highest BCUT2D eigenvalue weighted by molar-refractivity contribution is 5.90. The van der Waals surface area contributed by atoms with Crippen LogP contribution in [-0.4, -0.2) is 62.4 Å². The van der Waals surface area contributed by atoms with E-state index in [2.05, 4.69) is 15.3 Å². The van der Waals surface area contributed by atoms with Crippen molar-refractivity contribution in [3.05, 3.63) is 114 Å². The standard InChI is InChI=1S/C42H48N6O5/c1-28-19-33(46-38(20-28)48(40(50)53-42(5,6)7)25-29-13-9-8-10-14-29)22-31-26-47(39(49)52-41(2,3)4)27-36(31)51-35-24-43-23-30-21-32(16-17-34(30)35)45-37-15-11-12-18-44-37/h8-21,23-24,31,36H,22,25-27H2,1-7H3,(H,44,45)/t31-,36+/m1/s1. The third kappa shape index (κ3) is 10.0. The number of amides is 2. The van der Waals surface area contributed by atoms with Crippen molar-refractivity contribution in [3.8, 4) is 5.75 Å². The number of carbonyl (C=O) groups is 2. The van der Waals surface area contributed by atoms with Crippen LogP contribution in [0.1, 0.15) is 58.4 Å². The number of anilines is 3. The molecule has 1 aliphatic rings. The van der Waals surface area contributed by atoms with Gasteiger partial charge in [-0.2, -0.15) is 0 Å². The van der Waals surface area contributed by atoms with Crippen molar-refractivity contribution in [2.24, 2.45) is 5.92 Å². The van der Waals surface area contributed by atoms with Crippen LogP contribution < -0.4 is 15.0 Å². The fourth-order valence-corrected chi connectivity index (χ4v) is 6.27. The maximum atomic E-state index is 13.6. The molecule has 0 radical (unpaired) electrons. The van der Waals surface area contributed by atoms with Crippen LogP contribution in [0.5, 0.6) is 5.75 Å². The van der Waals surface area contributed by atoms with Gasteiger partial charge in [0.2, 0.25) is 0 Å². The van der Waals surface area contributed by atoms with Crippen molar-refractivity contribution < 1.29 is 23.8 Å². The number of benzene rings is 2. The molecule has 6 rings (SSSR count). The second kappa shape index (κ2) is 15.5. The van der Waals surface area contributed by atoms with Crippen LogP contribution in [0.15, 0.2) is 97.5 Å². The van der Waals surface area contributed by atoms with Crippen LogP contribution in [0, 0.1) is 12.8 Å². The molecule has 276 valence electrons. The predicted molar refractivity (Wildman–Crippen MR) is 207 cm³/mol. The number of fused-ring (bicyclic) bond motifs is 1. The Balaban J connectivity index is 1.29. The first kappa shape index (κ1) is 37.1. The molecule has 0 unspecified atom stereocenters. The minimum Gasteiger partial charge on any atom is -0.486 e. The lowest BCUT2D eigenvalue weighted by atomic mass is 9.98. The topological polar surface area (TPSA) is 119 Å². The highest BCUT2D eigenvalue weighted by Gasteiger charge is 2.39. The number of hydrogen-bond donors (Lipinski definition) is 1. The molecule has 4 heterocycles. The molecule has 1 fully saturated rings. The van der Waals surface area contributed by atoms with E-state index in [-0.39, 0.29) is 5.92 Å². The van der Waals surface area contributed by atoms with Crippen LogP contribution in [0.3, 0.4) is 0 Å². The Hall–Kier alpha value is -5.71. The monoisotopic (exact) mass is 716 g/mol. The van der Waals surface area contributed by atoms with Crippen LogP contribution >= 0.6 is 0 Å². The first-order chi connectivity index (χ1) is 25.2. The molecule has 1 aliphatic heterocycles. The van der Waals surface area contributed by atoms with Crippen molar-refractivity contribution in [1.29, 1.82) is 0 Å². The normalized spacial score (nSPS) is 15.9. The summed E-state index contributed by atoms with van der Waals surface area (Å²) in [5, 5.41) is 5.12. The Bertz CT molecular complexity index is 2050. The largest absolute Gasteiger partial charge is 0.486 e. The number of ether oxygens (including phenoxy) is 3. The van der Waals surface area contributed by atoms with Gasteiger partial charge >= 0.3 is 12.2 Å². The Kier molecular flexibility index (Phi) is 10.8. The summed E-state index contributed by atoms with van der Waals surface area (Å²) in [7, 11) is 0. The number of carbonyl (C=O) groups excluding carboxylic acids is 2. The number of aromatic nitrogens is 3. The van der Waals surface area contributed by atoms with E-state index in [9.17, 15) is 9.59 Å². The second-order valence-electron chi connectivity index (χ2n) is 15.5. The number of nitrogens with zero attached hydrogens (tertiary/aromatic N) is 5. The zero-order valence-electron chi connectivity index (χ0n) is 31.5. The summed E-state index contributed by atoms with van der Waals surface area (Å²) in [4.78, 5) is 44.1. The highest BCUT2D eigenvalue weighted by Crippen LogP contribution is 2.33. The molecule has 2 amide bonds. The SMILES string of the molecule is Cc1cc(C[C@@H]2CN(C(=O)OC(C)(C)C)C[C@@H]2Oc2cncc3cc(Nc4ccccn4)ccc23)nc(N(Cc2ccccc2)C(=O)OC(C)(C)C)c1. The van der Waals surface area contributed by atoms with E-state index in [1.54, 1.807) is 28.4 Å². The smallest absolute Gasteiger partial charge is 0.416 e. The fourth-order valence-electron chi connectivity index (χ4n) is 6.27. The summed E-state index contributed by atoms with van der Waals surface area (Å²) in [5.41, 5.74) is 2.20. The van der Waals surface area contributed by atoms with Crippen molar-refractivity contribution in [3.63, 3.8) is 0 Å². The zero-order valence-corrected chi connectivity index (χ0v) is 31.5. The molecule has 3 aromatic heterocycles. The molecular formula is C42H48N6O5. The average Bonchev–Trinajstić information content (AvgIpc) is 3.48. The highest BCUT2D eigenvalue weighted by atomic mass is 16.6. The van der Waals surface area contributed by atoms with E-state index < -0.39 is 29.5 Å². The first-order valence-electron chi connectivity index (χ1n) is 17.9. The Labute approximate surface area is 311 Å². The molecule has 0 bridgehead atoms. The molecule has 5 aromatic rings. The third-order valence-corrected chi connectivity index (χ3v) is 8.53. The van der Waals surface area contributed by atoms with Crippen LogP contribution in [-0.2, 0) is 22.4 Å². The number of pyridine rings is 3. The minimum absolute atomic E-state index is 0.144. The van der Waals surface area contributed by atoms with Gasteiger partial charge in [-0.15, -0.1) is 0 Å². The van der Waals surface area contributed by atoms with Crippen molar-refractivity contribution in [2.45, 2.75) is 78.7 Å². The Morgan fingerprint density at radius 2 is 1.64 bits per heavy atom. The average molecular weight is 717 g/mol. The van der Waals surface area contributed by atoms with Gasteiger partial charge in [0, 0.05) is 47.0 Å². The van der Waals surface area contributed by atoms with Crippen LogP contribution in [0.2, 0.25) is 0 Å². The zero-order chi connectivity index (χ0) is 37.8. The lowest BCUT2D eigenvalue weighted by Crippen LogP contribution is -2.37. The van der Waals surface area contributed by atoms with Crippen molar-refractivity contribution in [1.82, 2.24) is 19.9 Å². The number of rotatable bonds is 9. The van der Waals surface area contributed by atoms with Gasteiger partial charge < -0.3 is 24.4 Å². The van der Waals surface area contributed by atoms with Crippen LogP contribution in [0.25, 0.3) is 10.8 Å². The summed E-state index contributed by atoms with van der Waals surface area (Å²) in [6.07, 6.45) is 4.48. The quantitative estimate of drug-likeness (QED) is 0.160. The lowest BCUT2D eigenvalue weighted by Gasteiger charge is -2.27. The predicted octanol–water partition coefficient (Wildman–Crippen LogP) is 8.88. The van der Waals surface area contributed by atoms with Gasteiger partial charge in [0.1, 0.15) is 34.7 Å². The molecule has 11 nitrogen and oxygen atoms in total. The molecule has 2 atom stereocenters. The summed E-state index contributed by atoms with van der Waals surface area (Å²) < 4.78 is 18.4. The second-order valence-corrected chi connectivity index (χ2v) is 15.5. The number of nitrogens with one attached hydrogen (secondary N) is 1. The number of likely N-dealkylation sites (tertiary alicyclic amines) is 1. The van der Waals surface area contributed by atoms with Gasteiger partial charge in [-0.05, 0) is 108 Å². The summed E-state index contributed by atoms with van der Waals surface area (Å²) in [6, 6.07) is 25.4. The third-order valence-electron chi connectivity index (χ3n) is 8.53. The molecule has 53 heavy (non-hydrogen) atoms. The first-order valence-corrected chi connectivity index (χ1v) is 17.9. The van der Waals surface area contributed by atoms with Gasteiger partial charge in [-0.1, -0.05) is 36.4 Å². The molecule has 0 spiro atoms. The summed E-state index contributed by atoms with van der Waals surface area (Å²) in [6.45, 7) is 14.1. The lowest BCUT2D eigenvalue weighted by molar-refractivity contribution is 0.0274.